The molecule has 0 aliphatic carbocycles. The Morgan fingerprint density at radius 2 is 1.55 bits per heavy atom. The highest BCUT2D eigenvalue weighted by atomic mass is 35.5. The molecule has 2 heterocycles. The molecule has 7 nitrogen and oxygen atoms in total. The summed E-state index contributed by atoms with van der Waals surface area (Å²) in [6.07, 6.45) is -0.516. The van der Waals surface area contributed by atoms with Gasteiger partial charge in [-0.25, -0.2) is 0 Å². The first kappa shape index (κ1) is 25.4. The second-order valence-electron chi connectivity index (χ2n) is 7.40. The SMILES string of the molecule is COc1ccc(OCC(O)CN2CCN(Cc3ccc4c(c3)OCO4)CC2)cc1.Cl.Cl. The Hall–Kier alpha value is -1.90. The van der Waals surface area contributed by atoms with Gasteiger partial charge in [-0.3, -0.25) is 9.80 Å². The van der Waals surface area contributed by atoms with E-state index in [0.717, 1.165) is 55.7 Å². The lowest BCUT2D eigenvalue weighted by molar-refractivity contribution is 0.0446. The molecule has 0 amide bonds. The summed E-state index contributed by atoms with van der Waals surface area (Å²) in [5.74, 6) is 3.18. The quantitative estimate of drug-likeness (QED) is 0.633. The van der Waals surface area contributed by atoms with Crippen LogP contribution in [-0.2, 0) is 6.54 Å². The van der Waals surface area contributed by atoms with E-state index in [1.807, 2.05) is 30.3 Å². The fraction of sp³-hybridized carbons (Fsp3) is 0.455. The predicted octanol–water partition coefficient (Wildman–Crippen LogP) is 2.83. The lowest BCUT2D eigenvalue weighted by atomic mass is 10.1. The second-order valence-corrected chi connectivity index (χ2v) is 7.40. The van der Waals surface area contributed by atoms with Crippen molar-refractivity contribution < 1.29 is 24.1 Å². The van der Waals surface area contributed by atoms with Crippen LogP contribution in [0.2, 0.25) is 0 Å². The molecule has 0 bridgehead atoms. The number of aliphatic hydroxyl groups is 1. The molecule has 1 N–H and O–H groups in total. The van der Waals surface area contributed by atoms with Gasteiger partial charge in [-0.1, -0.05) is 6.07 Å². The number of ether oxygens (including phenoxy) is 4. The van der Waals surface area contributed by atoms with Crippen LogP contribution in [0.1, 0.15) is 5.56 Å². The van der Waals surface area contributed by atoms with E-state index in [2.05, 4.69) is 21.9 Å². The van der Waals surface area contributed by atoms with Gasteiger partial charge in [-0.05, 0) is 42.0 Å². The molecule has 1 unspecified atom stereocenters. The number of methoxy groups -OCH3 is 1. The molecule has 1 atom stereocenters. The monoisotopic (exact) mass is 472 g/mol. The first-order valence-electron chi connectivity index (χ1n) is 9.98. The summed E-state index contributed by atoms with van der Waals surface area (Å²) in [6.45, 7) is 5.92. The smallest absolute Gasteiger partial charge is 0.231 e. The maximum atomic E-state index is 10.3. The van der Waals surface area contributed by atoms with Gasteiger partial charge in [0.05, 0.1) is 7.11 Å². The molecule has 9 heteroatoms. The van der Waals surface area contributed by atoms with Crippen LogP contribution in [0, 0.1) is 0 Å². The maximum Gasteiger partial charge on any atom is 0.231 e. The van der Waals surface area contributed by atoms with Gasteiger partial charge in [0.15, 0.2) is 11.5 Å². The normalized spacial score (nSPS) is 16.7. The van der Waals surface area contributed by atoms with Gasteiger partial charge in [0.2, 0.25) is 6.79 Å². The van der Waals surface area contributed by atoms with Gasteiger partial charge in [-0.2, -0.15) is 0 Å². The lowest BCUT2D eigenvalue weighted by Gasteiger charge is -2.35. The highest BCUT2D eigenvalue weighted by Crippen LogP contribution is 2.32. The minimum atomic E-state index is -0.516. The number of aliphatic hydroxyl groups excluding tert-OH is 1. The average Bonchev–Trinajstić information content (AvgIpc) is 3.22. The number of fused-ring (bicyclic) bond motifs is 1. The minimum absolute atomic E-state index is 0. The minimum Gasteiger partial charge on any atom is -0.497 e. The van der Waals surface area contributed by atoms with Crippen molar-refractivity contribution in [2.24, 2.45) is 0 Å². The van der Waals surface area contributed by atoms with Gasteiger partial charge >= 0.3 is 0 Å². The summed E-state index contributed by atoms with van der Waals surface area (Å²) in [5.41, 5.74) is 1.23. The van der Waals surface area contributed by atoms with Crippen molar-refractivity contribution in [3.63, 3.8) is 0 Å². The maximum absolute atomic E-state index is 10.3. The molecule has 2 aliphatic rings. The van der Waals surface area contributed by atoms with Gasteiger partial charge in [0.1, 0.15) is 24.2 Å². The van der Waals surface area contributed by atoms with Crippen molar-refractivity contribution in [2.75, 3.05) is 53.2 Å². The fourth-order valence-electron chi connectivity index (χ4n) is 3.64. The van der Waals surface area contributed by atoms with Crippen LogP contribution in [-0.4, -0.2) is 74.2 Å². The predicted molar refractivity (Wildman–Crippen MR) is 123 cm³/mol. The molecule has 0 radical (unpaired) electrons. The first-order valence-corrected chi connectivity index (χ1v) is 9.98. The zero-order valence-corrected chi connectivity index (χ0v) is 19.2. The Balaban J connectivity index is 0.00000171. The Kier molecular flexibility index (Phi) is 9.99. The molecule has 172 valence electrons. The highest BCUT2D eigenvalue weighted by molar-refractivity contribution is 5.85. The van der Waals surface area contributed by atoms with Crippen molar-refractivity contribution in [1.82, 2.24) is 9.80 Å². The molecule has 1 fully saturated rings. The molecule has 0 spiro atoms. The standard InChI is InChI=1S/C22H28N2O5.2ClH/c1-26-19-3-5-20(6-4-19)27-15-18(25)14-24-10-8-23(9-11-24)13-17-2-7-21-22(12-17)29-16-28-21;;/h2-7,12,18,25H,8-11,13-16H2,1H3;2*1H. The van der Waals surface area contributed by atoms with E-state index in [1.165, 1.54) is 5.56 Å². The fourth-order valence-corrected chi connectivity index (χ4v) is 3.64. The number of benzene rings is 2. The number of piperazine rings is 1. The molecule has 2 aromatic rings. The highest BCUT2D eigenvalue weighted by Gasteiger charge is 2.21. The van der Waals surface area contributed by atoms with E-state index < -0.39 is 6.10 Å². The van der Waals surface area contributed by atoms with Crippen LogP contribution in [0.5, 0.6) is 23.0 Å². The summed E-state index contributed by atoms with van der Waals surface area (Å²) in [4.78, 5) is 4.71. The largest absolute Gasteiger partial charge is 0.497 e. The van der Waals surface area contributed by atoms with Gasteiger partial charge in [-0.15, -0.1) is 24.8 Å². The lowest BCUT2D eigenvalue weighted by Crippen LogP contribution is -2.48. The Bertz CT molecular complexity index is 801. The van der Waals surface area contributed by atoms with E-state index in [1.54, 1.807) is 7.11 Å². The third-order valence-electron chi connectivity index (χ3n) is 5.28. The molecule has 0 aromatic heterocycles. The zero-order chi connectivity index (χ0) is 20.1. The summed E-state index contributed by atoms with van der Waals surface area (Å²) < 4.78 is 21.6. The Labute approximate surface area is 195 Å². The molecule has 2 aromatic carbocycles. The van der Waals surface area contributed by atoms with E-state index in [-0.39, 0.29) is 31.4 Å². The van der Waals surface area contributed by atoms with Crippen LogP contribution in [0.15, 0.2) is 42.5 Å². The topological polar surface area (TPSA) is 63.6 Å². The van der Waals surface area contributed by atoms with Gasteiger partial charge < -0.3 is 24.1 Å². The first-order chi connectivity index (χ1) is 14.2. The van der Waals surface area contributed by atoms with Crippen molar-refractivity contribution in [3.05, 3.63) is 48.0 Å². The van der Waals surface area contributed by atoms with E-state index in [4.69, 9.17) is 18.9 Å². The van der Waals surface area contributed by atoms with Crippen LogP contribution >= 0.6 is 24.8 Å². The third-order valence-corrected chi connectivity index (χ3v) is 5.28. The molecule has 1 saturated heterocycles. The van der Waals surface area contributed by atoms with Gasteiger partial charge in [0, 0.05) is 39.3 Å². The van der Waals surface area contributed by atoms with E-state index >= 15 is 0 Å². The molecule has 0 saturated carbocycles. The van der Waals surface area contributed by atoms with Crippen molar-refractivity contribution >= 4 is 24.8 Å². The molecular weight excluding hydrogens is 443 g/mol. The van der Waals surface area contributed by atoms with Gasteiger partial charge in [0.25, 0.3) is 0 Å². The number of nitrogens with zero attached hydrogens (tertiary/aromatic N) is 2. The van der Waals surface area contributed by atoms with Crippen molar-refractivity contribution in [3.8, 4) is 23.0 Å². The summed E-state index contributed by atoms with van der Waals surface area (Å²) in [7, 11) is 1.63. The molecular formula is C22H30Cl2N2O5. The van der Waals surface area contributed by atoms with Crippen molar-refractivity contribution in [2.45, 2.75) is 12.6 Å². The van der Waals surface area contributed by atoms with Crippen LogP contribution in [0.3, 0.4) is 0 Å². The molecule has 4 rings (SSSR count). The molecule has 31 heavy (non-hydrogen) atoms. The van der Waals surface area contributed by atoms with Crippen LogP contribution < -0.4 is 18.9 Å². The number of halogens is 2. The van der Waals surface area contributed by atoms with Crippen LogP contribution in [0.25, 0.3) is 0 Å². The third kappa shape index (κ3) is 7.05. The second kappa shape index (κ2) is 12.2. The Morgan fingerprint density at radius 1 is 0.903 bits per heavy atom. The van der Waals surface area contributed by atoms with Crippen molar-refractivity contribution in [1.29, 1.82) is 0 Å². The average molecular weight is 473 g/mol. The number of β-amino-alcohol motifs (C(OH)–C–C–N with tert-alkyl or cyclic N) is 1. The summed E-state index contributed by atoms with van der Waals surface area (Å²) >= 11 is 0. The number of hydrogen-bond donors (Lipinski definition) is 1. The zero-order valence-electron chi connectivity index (χ0n) is 17.6. The van der Waals surface area contributed by atoms with E-state index in [0.29, 0.717) is 13.3 Å². The summed E-state index contributed by atoms with van der Waals surface area (Å²) in [5, 5.41) is 10.3. The number of hydrogen-bond acceptors (Lipinski definition) is 7. The van der Waals surface area contributed by atoms with E-state index in [9.17, 15) is 5.11 Å². The Morgan fingerprint density at radius 3 is 2.26 bits per heavy atom. The molecule has 2 aliphatic heterocycles. The number of rotatable bonds is 8. The summed E-state index contributed by atoms with van der Waals surface area (Å²) in [6, 6.07) is 13.5. The van der Waals surface area contributed by atoms with Crippen LogP contribution in [0.4, 0.5) is 0 Å².